The zero-order valence-electron chi connectivity index (χ0n) is 21.3. The number of aliphatic carboxylic acids is 1. The van der Waals surface area contributed by atoms with Crippen LogP contribution < -0.4 is 10.1 Å². The summed E-state index contributed by atoms with van der Waals surface area (Å²) in [7, 11) is 2.00. The van der Waals surface area contributed by atoms with Crippen molar-refractivity contribution in [3.8, 4) is 11.5 Å². The predicted octanol–water partition coefficient (Wildman–Crippen LogP) is 0.732. The zero-order valence-corrected chi connectivity index (χ0v) is 21.3. The van der Waals surface area contributed by atoms with E-state index in [-0.39, 0.29) is 24.0 Å². The molecule has 14 heteroatoms. The van der Waals surface area contributed by atoms with Crippen LogP contribution in [0.5, 0.6) is 11.5 Å². The molecule has 1 saturated heterocycles. The van der Waals surface area contributed by atoms with Crippen molar-refractivity contribution in [2.45, 2.75) is 74.6 Å². The van der Waals surface area contributed by atoms with Gasteiger partial charge >= 0.3 is 18.1 Å². The highest BCUT2D eigenvalue weighted by Gasteiger charge is 2.72. The summed E-state index contributed by atoms with van der Waals surface area (Å²) >= 11 is 0. The number of piperidine rings is 1. The molecular formula is C25H29F3N2O9. The Morgan fingerprint density at radius 3 is 2.49 bits per heavy atom. The maximum atomic E-state index is 12.7. The van der Waals surface area contributed by atoms with E-state index in [1.807, 2.05) is 13.1 Å². The summed E-state index contributed by atoms with van der Waals surface area (Å²) in [6.07, 6.45) is -3.94. The number of esters is 1. The molecule has 214 valence electrons. The van der Waals surface area contributed by atoms with Crippen LogP contribution in [0.15, 0.2) is 24.0 Å². The van der Waals surface area contributed by atoms with E-state index in [1.54, 1.807) is 12.1 Å². The van der Waals surface area contributed by atoms with Crippen molar-refractivity contribution in [1.29, 1.82) is 0 Å². The van der Waals surface area contributed by atoms with Crippen LogP contribution in [-0.2, 0) is 31.0 Å². The highest BCUT2D eigenvalue weighted by atomic mass is 19.4. The Kier molecular flexibility index (Phi) is 7.11. The van der Waals surface area contributed by atoms with Crippen molar-refractivity contribution >= 4 is 17.8 Å². The lowest BCUT2D eigenvalue weighted by Crippen LogP contribution is -2.74. The number of hydrogen-bond donors (Lipinski definition) is 5. The fraction of sp³-hybridized carbons (Fsp3) is 0.560. The minimum Gasteiger partial charge on any atom is -0.504 e. The number of aliphatic hydroxyl groups excluding tert-OH is 1. The summed E-state index contributed by atoms with van der Waals surface area (Å²) < 4.78 is 43.6. The van der Waals surface area contributed by atoms with E-state index in [0.29, 0.717) is 18.6 Å². The number of likely N-dealkylation sites (N-methyl/N-ethyl adjacent to an activating group) is 1. The topological polar surface area (TPSA) is 166 Å². The van der Waals surface area contributed by atoms with Gasteiger partial charge in [0.1, 0.15) is 17.9 Å². The maximum Gasteiger partial charge on any atom is 0.490 e. The van der Waals surface area contributed by atoms with Crippen LogP contribution in [0.25, 0.3) is 0 Å². The highest BCUT2D eigenvalue weighted by Crippen LogP contribution is 2.65. The number of halogens is 3. The molecule has 2 aliphatic heterocycles. The summed E-state index contributed by atoms with van der Waals surface area (Å²) in [5.41, 5.74) is -0.153. The number of carbonyl (C=O) groups is 3. The minimum atomic E-state index is -5.08. The zero-order chi connectivity index (χ0) is 29.1. The van der Waals surface area contributed by atoms with E-state index in [4.69, 9.17) is 19.4 Å². The molecule has 2 aliphatic carbocycles. The summed E-state index contributed by atoms with van der Waals surface area (Å²) in [5.74, 6) is -3.53. The van der Waals surface area contributed by atoms with Crippen molar-refractivity contribution < 1.29 is 57.5 Å². The van der Waals surface area contributed by atoms with Crippen molar-refractivity contribution in [3.05, 3.63) is 35.1 Å². The van der Waals surface area contributed by atoms with Gasteiger partial charge in [0.15, 0.2) is 17.6 Å². The van der Waals surface area contributed by atoms with E-state index in [2.05, 4.69) is 10.2 Å². The SMILES string of the molecule is CC(NC(=O)[C@H](C)O)C(=O)OC1=CC[C@@]2(O)[C@H]3Cc4ccc(O)c5c4[C@@]2(CCN3C)[C@H]1O5.O=C(O)C(F)(F)F. The average molecular weight is 559 g/mol. The molecule has 6 atom stereocenters. The first-order valence-electron chi connectivity index (χ1n) is 12.2. The van der Waals surface area contributed by atoms with E-state index in [9.17, 15) is 38.1 Å². The number of carbonyl (C=O) groups excluding carboxylic acids is 2. The fourth-order valence-corrected chi connectivity index (χ4v) is 6.03. The summed E-state index contributed by atoms with van der Waals surface area (Å²) in [6, 6.07) is 2.36. The monoisotopic (exact) mass is 558 g/mol. The van der Waals surface area contributed by atoms with E-state index in [0.717, 1.165) is 17.7 Å². The lowest BCUT2D eigenvalue weighted by Gasteiger charge is -2.61. The first kappa shape index (κ1) is 28.6. The van der Waals surface area contributed by atoms with Gasteiger partial charge in [0, 0.05) is 18.0 Å². The van der Waals surface area contributed by atoms with Gasteiger partial charge in [-0.1, -0.05) is 6.07 Å². The smallest absolute Gasteiger partial charge is 0.490 e. The minimum absolute atomic E-state index is 0.00417. The van der Waals surface area contributed by atoms with Crippen LogP contribution in [0.2, 0.25) is 0 Å². The van der Waals surface area contributed by atoms with Gasteiger partial charge in [-0.3, -0.25) is 4.79 Å². The molecule has 1 spiro atoms. The number of nitrogens with zero attached hydrogens (tertiary/aromatic N) is 1. The number of ether oxygens (including phenoxy) is 2. The molecule has 2 bridgehead atoms. The standard InChI is InChI=1S/C23H28N2O7.C2HF3O2/c1-11(24-20(28)12(2)26)21(29)31-15-6-7-23(30)16-10-13-4-5-14(27)18-17(13)22(23,19(15)32-18)8-9-25(16)3;3-2(4,5)1(6)7/h4-6,11-12,16,19,26-27,30H,7-10H2,1-3H3,(H,24,28);(H,6,7)/t11?,12-,16+,19-,22-,23+;/m0./s1. The second-order valence-corrected chi connectivity index (χ2v) is 10.2. The van der Waals surface area contributed by atoms with E-state index >= 15 is 0 Å². The first-order chi connectivity index (χ1) is 18.0. The van der Waals surface area contributed by atoms with Crippen molar-refractivity contribution in [2.75, 3.05) is 13.6 Å². The molecule has 4 aliphatic rings. The molecule has 5 rings (SSSR count). The number of aliphatic hydroxyl groups is 2. The Balaban J connectivity index is 0.000000448. The van der Waals surface area contributed by atoms with E-state index in [1.165, 1.54) is 13.8 Å². The number of nitrogens with one attached hydrogen (secondary N) is 1. The summed E-state index contributed by atoms with van der Waals surface area (Å²) in [4.78, 5) is 35.5. The van der Waals surface area contributed by atoms with Crippen LogP contribution in [-0.4, -0.2) is 92.8 Å². The molecule has 0 radical (unpaired) electrons. The maximum absolute atomic E-state index is 12.7. The molecule has 1 aromatic rings. The van der Waals surface area contributed by atoms with Gasteiger partial charge in [-0.15, -0.1) is 0 Å². The molecule has 5 N–H and O–H groups in total. The normalized spacial score (nSPS) is 29.9. The number of amides is 1. The third kappa shape index (κ3) is 4.49. The number of phenolic OH excluding ortho intramolecular Hbond substituents is 1. The largest absolute Gasteiger partial charge is 0.504 e. The molecule has 1 unspecified atom stereocenters. The molecule has 1 amide bonds. The number of carboxylic acid groups (broad SMARTS) is 1. The summed E-state index contributed by atoms with van der Waals surface area (Å²) in [6.45, 7) is 3.51. The van der Waals surface area contributed by atoms with Gasteiger partial charge in [0.2, 0.25) is 5.91 Å². The highest BCUT2D eigenvalue weighted by molar-refractivity contribution is 5.86. The fourth-order valence-electron chi connectivity index (χ4n) is 6.03. The Morgan fingerprint density at radius 2 is 1.90 bits per heavy atom. The van der Waals surface area contributed by atoms with Gasteiger partial charge in [-0.05, 0) is 58.0 Å². The van der Waals surface area contributed by atoms with Crippen molar-refractivity contribution in [2.24, 2.45) is 0 Å². The van der Waals surface area contributed by atoms with Crippen LogP contribution in [0.4, 0.5) is 13.2 Å². The quantitative estimate of drug-likeness (QED) is 0.333. The number of benzene rings is 1. The molecule has 2 heterocycles. The van der Waals surface area contributed by atoms with Crippen molar-refractivity contribution in [3.63, 3.8) is 0 Å². The third-order valence-electron chi connectivity index (χ3n) is 7.91. The van der Waals surface area contributed by atoms with Crippen molar-refractivity contribution in [1.82, 2.24) is 10.2 Å². The molecule has 0 saturated carbocycles. The molecule has 0 aromatic heterocycles. The number of rotatable bonds is 4. The Bertz CT molecular complexity index is 1230. The third-order valence-corrected chi connectivity index (χ3v) is 7.91. The molecular weight excluding hydrogens is 529 g/mol. The number of alkyl halides is 3. The molecule has 11 nitrogen and oxygen atoms in total. The second kappa shape index (κ2) is 9.68. The van der Waals surface area contributed by atoms with Crippen LogP contribution >= 0.6 is 0 Å². The second-order valence-electron chi connectivity index (χ2n) is 10.2. The molecule has 1 aromatic carbocycles. The lowest BCUT2D eigenvalue weighted by atomic mass is 9.50. The Labute approximate surface area is 220 Å². The molecule has 1 fully saturated rings. The van der Waals surface area contributed by atoms with Gasteiger partial charge < -0.3 is 40.1 Å². The number of carboxylic acids is 1. The summed E-state index contributed by atoms with van der Waals surface area (Å²) in [5, 5.41) is 41.5. The van der Waals surface area contributed by atoms with Crippen LogP contribution in [0.1, 0.15) is 37.8 Å². The van der Waals surface area contributed by atoms with Crippen LogP contribution in [0.3, 0.4) is 0 Å². The van der Waals surface area contributed by atoms with E-state index < -0.39 is 53.3 Å². The van der Waals surface area contributed by atoms with Gasteiger partial charge in [-0.2, -0.15) is 13.2 Å². The molecule has 39 heavy (non-hydrogen) atoms. The van der Waals surface area contributed by atoms with Gasteiger partial charge in [-0.25, -0.2) is 9.59 Å². The van der Waals surface area contributed by atoms with Gasteiger partial charge in [0.05, 0.1) is 11.0 Å². The number of hydrogen-bond acceptors (Lipinski definition) is 9. The van der Waals surface area contributed by atoms with Gasteiger partial charge in [0.25, 0.3) is 0 Å². The number of likely N-dealkylation sites (tertiary alicyclic amines) is 1. The Morgan fingerprint density at radius 1 is 1.26 bits per heavy atom. The lowest BCUT2D eigenvalue weighted by molar-refractivity contribution is -0.192. The number of phenols is 1. The number of aromatic hydroxyl groups is 1. The Hall–Kier alpha value is -3.36. The first-order valence-corrected chi connectivity index (χ1v) is 12.2. The van der Waals surface area contributed by atoms with Crippen LogP contribution in [0, 0.1) is 0 Å². The predicted molar refractivity (Wildman–Crippen MR) is 126 cm³/mol. The average Bonchev–Trinajstić information content (AvgIpc) is 3.20.